The molecule has 3 atom stereocenters. The van der Waals surface area contributed by atoms with Gasteiger partial charge in [-0.15, -0.1) is 0 Å². The highest BCUT2D eigenvalue weighted by molar-refractivity contribution is 5.77. The predicted molar refractivity (Wildman–Crippen MR) is 264 cm³/mol. The predicted octanol–water partition coefficient (Wildman–Crippen LogP) is 16.5. The first-order valence-electron chi connectivity index (χ1n) is 27.4. The molecule has 1 amide bonds. The molecule has 0 bridgehead atoms. The van der Waals surface area contributed by atoms with Gasteiger partial charge in [0, 0.05) is 6.42 Å². The van der Waals surface area contributed by atoms with Crippen LogP contribution in [0.5, 0.6) is 0 Å². The third kappa shape index (κ3) is 45.0. The summed E-state index contributed by atoms with van der Waals surface area (Å²) in [5.74, 6) is -0.461. The van der Waals surface area contributed by atoms with E-state index < -0.39 is 18.2 Å². The Bertz CT molecular complexity index is 924. The van der Waals surface area contributed by atoms with Crippen LogP contribution in [0.25, 0.3) is 0 Å². The molecule has 0 fully saturated rings. The monoisotopic (exact) mass is 862 g/mol. The highest BCUT2D eigenvalue weighted by Gasteiger charge is 2.24. The molecule has 362 valence electrons. The molecule has 0 radical (unpaired) electrons. The molecule has 61 heavy (non-hydrogen) atoms. The Morgan fingerprint density at radius 1 is 0.459 bits per heavy atom. The van der Waals surface area contributed by atoms with E-state index in [2.05, 4.69) is 38.2 Å². The number of aliphatic hydroxyl groups excluding tert-OH is 2. The van der Waals surface area contributed by atoms with E-state index in [0.717, 1.165) is 44.9 Å². The van der Waals surface area contributed by atoms with Crippen molar-refractivity contribution in [1.82, 2.24) is 5.32 Å². The number of ether oxygens (including phenoxy) is 1. The normalized spacial score (nSPS) is 13.2. The third-order valence-electron chi connectivity index (χ3n) is 12.8. The van der Waals surface area contributed by atoms with E-state index in [0.29, 0.717) is 19.3 Å². The first kappa shape index (κ1) is 59.6. The summed E-state index contributed by atoms with van der Waals surface area (Å²) in [6.45, 7) is 6.49. The molecular formula is C55H107NO5. The summed E-state index contributed by atoms with van der Waals surface area (Å²) in [5, 5.41) is 23.8. The van der Waals surface area contributed by atoms with Crippen molar-refractivity contribution in [1.29, 1.82) is 0 Å². The maximum Gasteiger partial charge on any atom is 0.306 e. The first-order valence-corrected chi connectivity index (χ1v) is 27.4. The molecule has 0 rings (SSSR count). The van der Waals surface area contributed by atoms with Crippen molar-refractivity contribution in [3.05, 3.63) is 12.2 Å². The minimum atomic E-state index is -0.781. The molecule has 6 heteroatoms. The van der Waals surface area contributed by atoms with Gasteiger partial charge in [-0.3, -0.25) is 9.59 Å². The van der Waals surface area contributed by atoms with Crippen LogP contribution in [0.3, 0.4) is 0 Å². The molecule has 0 saturated heterocycles. The van der Waals surface area contributed by atoms with Crippen LogP contribution in [0.4, 0.5) is 0 Å². The van der Waals surface area contributed by atoms with Crippen molar-refractivity contribution < 1.29 is 24.5 Å². The standard InChI is InChI=1S/C55H107NO5/c1-4-7-10-13-16-19-21-23-25-26-27-28-30-32-34-36-39-42-45-48-55(60)61-51(46-43-40-37-18-15-12-9-6-3)49-54(59)56-52(50-57)53(58)47-44-41-38-35-33-31-29-24-22-20-17-14-11-8-5-2/h23,25,51-53,57-58H,4-22,24,26-50H2,1-3H3,(H,56,59)/b25-23+. The van der Waals surface area contributed by atoms with E-state index in [9.17, 15) is 19.8 Å². The number of allylic oxidation sites excluding steroid dienone is 2. The number of hydrogen-bond donors (Lipinski definition) is 3. The number of carbonyl (C=O) groups is 2. The molecule has 0 aliphatic carbocycles. The quantitative estimate of drug-likeness (QED) is 0.0322. The maximum absolute atomic E-state index is 13.2. The Morgan fingerprint density at radius 3 is 1.16 bits per heavy atom. The average Bonchev–Trinajstić information content (AvgIpc) is 3.25. The van der Waals surface area contributed by atoms with Gasteiger partial charge in [0.1, 0.15) is 6.10 Å². The van der Waals surface area contributed by atoms with Gasteiger partial charge in [-0.1, -0.05) is 251 Å². The molecule has 0 aliphatic heterocycles. The van der Waals surface area contributed by atoms with Crippen molar-refractivity contribution >= 4 is 11.9 Å². The van der Waals surface area contributed by atoms with Gasteiger partial charge in [0.25, 0.3) is 0 Å². The van der Waals surface area contributed by atoms with Crippen LogP contribution in [0, 0.1) is 0 Å². The SMILES string of the molecule is CCCCCCCC/C=C/CCCCCCCCCCCC(=O)OC(CCCCCCCCCC)CC(=O)NC(CO)C(O)CCCCCCCCCCCCCCCCC. The fraction of sp³-hybridized carbons (Fsp3) is 0.927. The van der Waals surface area contributed by atoms with Gasteiger partial charge in [0.2, 0.25) is 5.91 Å². The summed E-state index contributed by atoms with van der Waals surface area (Å²) in [5.41, 5.74) is 0. The van der Waals surface area contributed by atoms with Crippen LogP contribution in [0.15, 0.2) is 12.2 Å². The fourth-order valence-corrected chi connectivity index (χ4v) is 8.66. The molecule has 0 aromatic heterocycles. The van der Waals surface area contributed by atoms with Crippen molar-refractivity contribution in [3.63, 3.8) is 0 Å². The van der Waals surface area contributed by atoms with Crippen LogP contribution in [-0.2, 0) is 14.3 Å². The molecule has 0 aromatic rings. The van der Waals surface area contributed by atoms with Crippen LogP contribution >= 0.6 is 0 Å². The first-order chi connectivity index (χ1) is 30.0. The zero-order valence-electron chi connectivity index (χ0n) is 41.3. The minimum absolute atomic E-state index is 0.0832. The van der Waals surface area contributed by atoms with Crippen molar-refractivity contribution in [3.8, 4) is 0 Å². The Labute approximate surface area is 380 Å². The maximum atomic E-state index is 13.2. The highest BCUT2D eigenvalue weighted by Crippen LogP contribution is 2.18. The molecule has 6 nitrogen and oxygen atoms in total. The van der Waals surface area contributed by atoms with E-state index in [4.69, 9.17) is 4.74 Å². The highest BCUT2D eigenvalue weighted by atomic mass is 16.5. The summed E-state index contributed by atoms with van der Waals surface area (Å²) in [6, 6.07) is -0.694. The van der Waals surface area contributed by atoms with Gasteiger partial charge in [-0.25, -0.2) is 0 Å². The van der Waals surface area contributed by atoms with E-state index in [-0.39, 0.29) is 24.9 Å². The molecule has 3 unspecified atom stereocenters. The summed E-state index contributed by atoms with van der Waals surface area (Å²) in [4.78, 5) is 26.1. The Hall–Kier alpha value is -1.40. The second kappa shape index (κ2) is 49.6. The molecule has 0 saturated carbocycles. The fourth-order valence-electron chi connectivity index (χ4n) is 8.66. The molecule has 0 aromatic carbocycles. The third-order valence-corrected chi connectivity index (χ3v) is 12.8. The number of hydrogen-bond acceptors (Lipinski definition) is 5. The van der Waals surface area contributed by atoms with Crippen molar-refractivity contribution in [2.24, 2.45) is 0 Å². The lowest BCUT2D eigenvalue weighted by Gasteiger charge is -2.24. The van der Waals surface area contributed by atoms with E-state index in [1.165, 1.54) is 212 Å². The van der Waals surface area contributed by atoms with Gasteiger partial charge in [-0.2, -0.15) is 0 Å². The average molecular weight is 862 g/mol. The number of rotatable bonds is 50. The Kier molecular flexibility index (Phi) is 48.5. The number of esters is 1. The number of unbranched alkanes of at least 4 members (excludes halogenated alkanes) is 36. The van der Waals surface area contributed by atoms with Crippen LogP contribution < -0.4 is 5.32 Å². The molecule has 0 spiro atoms. The zero-order valence-corrected chi connectivity index (χ0v) is 41.3. The molecule has 0 heterocycles. The van der Waals surface area contributed by atoms with Crippen molar-refractivity contribution in [2.45, 2.75) is 322 Å². The molecule has 3 N–H and O–H groups in total. The Balaban J connectivity index is 4.32. The van der Waals surface area contributed by atoms with Gasteiger partial charge >= 0.3 is 5.97 Å². The number of amides is 1. The number of carbonyl (C=O) groups excluding carboxylic acids is 2. The minimum Gasteiger partial charge on any atom is -0.462 e. The largest absolute Gasteiger partial charge is 0.462 e. The summed E-state index contributed by atoms with van der Waals surface area (Å²) < 4.78 is 5.92. The van der Waals surface area contributed by atoms with Gasteiger partial charge in [0.15, 0.2) is 0 Å². The summed E-state index contributed by atoms with van der Waals surface area (Å²) in [6.07, 6.45) is 55.7. The van der Waals surface area contributed by atoms with Crippen LogP contribution in [0.1, 0.15) is 303 Å². The lowest BCUT2D eigenvalue weighted by molar-refractivity contribution is -0.151. The van der Waals surface area contributed by atoms with E-state index in [1.807, 2.05) is 0 Å². The molecular weight excluding hydrogens is 755 g/mol. The van der Waals surface area contributed by atoms with Gasteiger partial charge < -0.3 is 20.3 Å². The van der Waals surface area contributed by atoms with Crippen LogP contribution in [0.2, 0.25) is 0 Å². The van der Waals surface area contributed by atoms with Crippen LogP contribution in [-0.4, -0.2) is 46.9 Å². The lowest BCUT2D eigenvalue weighted by atomic mass is 10.0. The Morgan fingerprint density at radius 2 is 0.787 bits per heavy atom. The van der Waals surface area contributed by atoms with E-state index in [1.54, 1.807) is 0 Å². The van der Waals surface area contributed by atoms with E-state index >= 15 is 0 Å². The van der Waals surface area contributed by atoms with Gasteiger partial charge in [0.05, 0.1) is 25.2 Å². The summed E-state index contributed by atoms with van der Waals surface area (Å²) >= 11 is 0. The molecule has 0 aliphatic rings. The lowest BCUT2D eigenvalue weighted by Crippen LogP contribution is -2.46. The van der Waals surface area contributed by atoms with Crippen molar-refractivity contribution in [2.75, 3.05) is 6.61 Å². The van der Waals surface area contributed by atoms with Gasteiger partial charge in [-0.05, 0) is 51.4 Å². The second-order valence-corrected chi connectivity index (χ2v) is 19.0. The number of aliphatic hydroxyl groups is 2. The smallest absolute Gasteiger partial charge is 0.306 e. The second-order valence-electron chi connectivity index (χ2n) is 19.0. The number of nitrogens with one attached hydrogen (secondary N) is 1. The summed E-state index contributed by atoms with van der Waals surface area (Å²) in [7, 11) is 0. The zero-order chi connectivity index (χ0) is 44.5. The topological polar surface area (TPSA) is 95.9 Å².